The first-order valence-electron chi connectivity index (χ1n) is 3.47. The van der Waals surface area contributed by atoms with Crippen LogP contribution in [0.2, 0.25) is 0 Å². The molecular weight excluding hydrogens is 239 g/mol. The first-order valence-corrected chi connectivity index (χ1v) is 5.18. The fourth-order valence-corrected chi connectivity index (χ4v) is 2.54. The summed E-state index contributed by atoms with van der Waals surface area (Å²) in [6.07, 6.45) is 0. The van der Waals surface area contributed by atoms with Crippen LogP contribution in [0.25, 0.3) is 0 Å². The number of aromatic nitrogens is 1. The summed E-state index contributed by atoms with van der Waals surface area (Å²) in [6, 6.07) is 0. The van der Waals surface area contributed by atoms with Crippen LogP contribution in [0.1, 0.15) is 14.9 Å². The number of hydrogen-bond donors (Lipinski definition) is 1. The van der Waals surface area contributed by atoms with Crippen LogP contribution in [0, 0.1) is 6.92 Å². The van der Waals surface area contributed by atoms with Crippen molar-refractivity contribution < 1.29 is 19.3 Å². The van der Waals surface area contributed by atoms with E-state index < -0.39 is 11.8 Å². The van der Waals surface area contributed by atoms with Crippen molar-refractivity contribution in [2.45, 2.75) is 6.92 Å². The minimum atomic E-state index is -0.840. The van der Waals surface area contributed by atoms with Gasteiger partial charge in [0.25, 0.3) is 0 Å². The van der Waals surface area contributed by atoms with E-state index in [1.165, 1.54) is 7.11 Å². The number of ketones is 1. The molecule has 5 nitrogen and oxygen atoms in total. The molecule has 1 aromatic heterocycles. The molecular formula is C7H9N2O3Se+. The van der Waals surface area contributed by atoms with Crippen LogP contribution in [0.5, 0.6) is 0 Å². The van der Waals surface area contributed by atoms with Gasteiger partial charge in [-0.2, -0.15) is 0 Å². The van der Waals surface area contributed by atoms with Crippen LogP contribution in [0.3, 0.4) is 0 Å². The third kappa shape index (κ3) is 1.96. The van der Waals surface area contributed by atoms with Gasteiger partial charge in [-0.25, -0.2) is 0 Å². The second-order valence-electron chi connectivity index (χ2n) is 2.37. The quantitative estimate of drug-likeness (QED) is 0.308. The van der Waals surface area contributed by atoms with Crippen molar-refractivity contribution >= 4 is 30.9 Å². The van der Waals surface area contributed by atoms with E-state index in [0.717, 1.165) is 0 Å². The number of Topliss-reactive ketones (excluding diaryl/α,β-unsaturated/α-hetero) is 1. The van der Waals surface area contributed by atoms with Gasteiger partial charge in [-0.1, -0.05) is 0 Å². The van der Waals surface area contributed by atoms with Crippen molar-refractivity contribution in [2.24, 2.45) is 0 Å². The second-order valence-corrected chi connectivity index (χ2v) is 4.57. The molecule has 70 valence electrons. The third-order valence-corrected chi connectivity index (χ3v) is 3.58. The number of hydrogen-bond acceptors (Lipinski definition) is 4. The van der Waals surface area contributed by atoms with Crippen molar-refractivity contribution in [3.63, 3.8) is 0 Å². The fourth-order valence-electron chi connectivity index (χ4n) is 0.856. The first kappa shape index (κ1) is 9.95. The van der Waals surface area contributed by atoms with Crippen LogP contribution in [-0.4, -0.2) is 33.4 Å². The summed E-state index contributed by atoms with van der Waals surface area (Å²) in [4.78, 5) is 25.0. The summed E-state index contributed by atoms with van der Waals surface area (Å²) in [5, 5.41) is 0. The summed E-state index contributed by atoms with van der Waals surface area (Å²) in [7, 11) is 1.18. The van der Waals surface area contributed by atoms with Gasteiger partial charge in [0.2, 0.25) is 0 Å². The molecule has 13 heavy (non-hydrogen) atoms. The molecule has 1 aromatic rings. The molecule has 6 heteroatoms. The van der Waals surface area contributed by atoms with Gasteiger partial charge >= 0.3 is 80.2 Å². The Labute approximate surface area is 80.6 Å². The van der Waals surface area contributed by atoms with Crippen LogP contribution in [0.15, 0.2) is 0 Å². The zero-order chi connectivity index (χ0) is 10.0. The Hall–Kier alpha value is -1.13. The van der Waals surface area contributed by atoms with Crippen LogP contribution in [0.4, 0.5) is 4.69 Å². The van der Waals surface area contributed by atoms with E-state index in [4.69, 9.17) is 5.73 Å². The number of aromatic amines is 1. The van der Waals surface area contributed by atoms with Gasteiger partial charge < -0.3 is 0 Å². The van der Waals surface area contributed by atoms with Crippen molar-refractivity contribution in [2.75, 3.05) is 12.8 Å². The molecule has 1 heterocycles. The number of nitrogens with one attached hydrogen (secondary N) is 1. The Morgan fingerprint density at radius 3 is 2.54 bits per heavy atom. The number of anilines is 1. The Morgan fingerprint density at radius 2 is 2.15 bits per heavy atom. The summed E-state index contributed by atoms with van der Waals surface area (Å²) in [5.41, 5.74) is 6.13. The summed E-state index contributed by atoms with van der Waals surface area (Å²) < 4.78 is 5.30. The number of esters is 1. The molecule has 0 atom stereocenters. The SMILES string of the molecule is COC(=O)C(=O)c1[se]c(N)[nH+]c1C. The number of methoxy groups -OCH3 is 1. The number of ether oxygens (including phenoxy) is 1. The van der Waals surface area contributed by atoms with E-state index in [9.17, 15) is 9.59 Å². The maximum atomic E-state index is 11.3. The minimum absolute atomic E-state index is 0.268. The Morgan fingerprint density at radius 1 is 1.54 bits per heavy atom. The predicted molar refractivity (Wildman–Crippen MR) is 45.4 cm³/mol. The molecule has 0 unspecified atom stereocenters. The summed E-state index contributed by atoms with van der Waals surface area (Å²) >= 11 is -0.268. The molecule has 0 radical (unpaired) electrons. The molecule has 0 fully saturated rings. The normalized spacial score (nSPS) is 9.69. The van der Waals surface area contributed by atoms with E-state index in [2.05, 4.69) is 9.72 Å². The number of rotatable bonds is 2. The molecule has 0 bridgehead atoms. The summed E-state index contributed by atoms with van der Waals surface area (Å²) in [5.74, 6) is -1.44. The predicted octanol–water partition coefficient (Wildman–Crippen LogP) is -1.20. The zero-order valence-electron chi connectivity index (χ0n) is 7.21. The van der Waals surface area contributed by atoms with Crippen molar-refractivity contribution in [3.8, 4) is 0 Å². The van der Waals surface area contributed by atoms with Gasteiger partial charge in [0, 0.05) is 0 Å². The molecule has 0 aliphatic carbocycles. The fraction of sp³-hybridized carbons (Fsp3) is 0.286. The topological polar surface area (TPSA) is 83.5 Å². The number of carbonyl (C=O) groups is 2. The standard InChI is InChI=1S/C7H8N2O3Se/c1-3-5(13-7(8)9-3)4(10)6(11)12-2/h1-2H3,(H2,8,9)/p+1. The van der Waals surface area contributed by atoms with Crippen LogP contribution < -0.4 is 10.7 Å². The Kier molecular flexibility index (Phi) is 2.85. The van der Waals surface area contributed by atoms with Crippen molar-refractivity contribution in [1.29, 1.82) is 0 Å². The van der Waals surface area contributed by atoms with Gasteiger partial charge in [0.05, 0.1) is 0 Å². The maximum absolute atomic E-state index is 11.3. The number of carbonyl (C=O) groups excluding carboxylic acids is 2. The van der Waals surface area contributed by atoms with E-state index in [-0.39, 0.29) is 14.5 Å². The second kappa shape index (κ2) is 3.72. The monoisotopic (exact) mass is 249 g/mol. The molecule has 0 saturated heterocycles. The average molecular weight is 248 g/mol. The molecule has 0 spiro atoms. The molecule has 0 aliphatic heterocycles. The van der Waals surface area contributed by atoms with Gasteiger partial charge in [0.1, 0.15) is 0 Å². The van der Waals surface area contributed by atoms with Gasteiger partial charge in [-0.15, -0.1) is 0 Å². The first-order chi connectivity index (χ1) is 6.06. The average Bonchev–Trinajstić information content (AvgIpc) is 2.42. The molecule has 0 aliphatic rings. The van der Waals surface area contributed by atoms with Gasteiger partial charge in [-0.05, 0) is 0 Å². The number of nitrogen functional groups attached to an aromatic ring is 1. The molecule has 0 aromatic carbocycles. The molecule has 0 amide bonds. The zero-order valence-corrected chi connectivity index (χ0v) is 8.92. The number of aryl methyl sites for hydroxylation is 1. The van der Waals surface area contributed by atoms with E-state index >= 15 is 0 Å². The molecule has 0 saturated carbocycles. The number of nitrogens with two attached hydrogens (primary N) is 1. The number of H-pyrrole nitrogens is 1. The Balaban J connectivity index is 3.01. The summed E-state index contributed by atoms with van der Waals surface area (Å²) in [6.45, 7) is 1.71. The molecule has 3 N–H and O–H groups in total. The Bertz CT molecular complexity index is 359. The van der Waals surface area contributed by atoms with Gasteiger partial charge in [-0.3, -0.25) is 0 Å². The van der Waals surface area contributed by atoms with Crippen LogP contribution in [-0.2, 0) is 9.53 Å². The van der Waals surface area contributed by atoms with Crippen molar-refractivity contribution in [1.82, 2.24) is 0 Å². The van der Waals surface area contributed by atoms with E-state index in [1.807, 2.05) is 0 Å². The molecule has 1 rings (SSSR count). The third-order valence-electron chi connectivity index (χ3n) is 1.44. The van der Waals surface area contributed by atoms with Gasteiger partial charge in [0.15, 0.2) is 0 Å². The van der Waals surface area contributed by atoms with E-state index in [0.29, 0.717) is 14.8 Å². The van der Waals surface area contributed by atoms with E-state index in [1.54, 1.807) is 6.92 Å². The van der Waals surface area contributed by atoms with Crippen LogP contribution >= 0.6 is 0 Å². The van der Waals surface area contributed by atoms with Crippen molar-refractivity contribution in [3.05, 3.63) is 10.1 Å².